The number of likely N-dealkylation sites (N-methyl/N-ethyl adjacent to an activating group) is 1. The van der Waals surface area contributed by atoms with Crippen molar-refractivity contribution in [1.29, 1.82) is 0 Å². The number of nitrogens with zero attached hydrogens (tertiary/aromatic N) is 1. The van der Waals surface area contributed by atoms with Crippen molar-refractivity contribution in [2.75, 3.05) is 25.5 Å². The van der Waals surface area contributed by atoms with E-state index in [1.54, 1.807) is 11.9 Å². The molecule has 88 valence electrons. The molecule has 1 amide bonds. The fraction of sp³-hybridized carbons (Fsp3) is 0.417. The highest BCUT2D eigenvalue weighted by Gasteiger charge is 2.07. The monoisotopic (exact) mass is 240 g/mol. The van der Waals surface area contributed by atoms with Gasteiger partial charge in [0, 0.05) is 13.6 Å². The fourth-order valence-corrected chi connectivity index (χ4v) is 1.55. The average Bonchev–Trinajstić information content (AvgIpc) is 2.26. The second-order valence-electron chi connectivity index (χ2n) is 3.74. The van der Waals surface area contributed by atoms with Gasteiger partial charge in [-0.1, -0.05) is 17.7 Å². The van der Waals surface area contributed by atoms with Crippen molar-refractivity contribution < 1.29 is 4.79 Å². The number of benzene rings is 1. The van der Waals surface area contributed by atoms with Crippen molar-refractivity contribution in [1.82, 2.24) is 4.90 Å². The van der Waals surface area contributed by atoms with Gasteiger partial charge in [-0.25, -0.2) is 0 Å². The molecular weight excluding hydrogens is 224 g/mol. The van der Waals surface area contributed by atoms with E-state index in [1.165, 1.54) is 0 Å². The maximum absolute atomic E-state index is 11.5. The van der Waals surface area contributed by atoms with Crippen LogP contribution >= 0.6 is 11.6 Å². The fourth-order valence-electron chi connectivity index (χ4n) is 1.25. The summed E-state index contributed by atoms with van der Waals surface area (Å²) in [6.45, 7) is 4.90. The molecule has 0 aliphatic rings. The van der Waals surface area contributed by atoms with Crippen LogP contribution < -0.4 is 5.32 Å². The van der Waals surface area contributed by atoms with Crippen LogP contribution in [0.3, 0.4) is 0 Å². The van der Waals surface area contributed by atoms with Crippen LogP contribution in [-0.4, -0.2) is 30.9 Å². The summed E-state index contributed by atoms with van der Waals surface area (Å²) < 4.78 is 0. The summed E-state index contributed by atoms with van der Waals surface area (Å²) in [5, 5.41) is 3.68. The number of halogens is 1. The Bertz CT molecular complexity index is 379. The second kappa shape index (κ2) is 5.75. The highest BCUT2D eigenvalue weighted by molar-refractivity contribution is 6.33. The lowest BCUT2D eigenvalue weighted by Crippen LogP contribution is -2.31. The van der Waals surface area contributed by atoms with Crippen LogP contribution in [0.25, 0.3) is 0 Å². The largest absolute Gasteiger partial charge is 0.375 e. The predicted molar refractivity (Wildman–Crippen MR) is 68.0 cm³/mol. The lowest BCUT2D eigenvalue weighted by molar-refractivity contribution is -0.127. The number of hydrogen-bond acceptors (Lipinski definition) is 2. The minimum Gasteiger partial charge on any atom is -0.375 e. The second-order valence-corrected chi connectivity index (χ2v) is 4.15. The van der Waals surface area contributed by atoms with Gasteiger partial charge in [-0.3, -0.25) is 4.79 Å². The molecule has 0 unspecified atom stereocenters. The van der Waals surface area contributed by atoms with Crippen molar-refractivity contribution in [2.45, 2.75) is 13.8 Å². The van der Waals surface area contributed by atoms with E-state index in [0.717, 1.165) is 11.3 Å². The molecule has 0 radical (unpaired) electrons. The van der Waals surface area contributed by atoms with E-state index >= 15 is 0 Å². The Hall–Kier alpha value is -1.22. The average molecular weight is 241 g/mol. The molecule has 0 aliphatic carbocycles. The van der Waals surface area contributed by atoms with Crippen molar-refractivity contribution in [3.05, 3.63) is 28.8 Å². The molecule has 0 fully saturated rings. The van der Waals surface area contributed by atoms with Gasteiger partial charge >= 0.3 is 0 Å². The number of aryl methyl sites for hydroxylation is 1. The number of hydrogen-bond donors (Lipinski definition) is 1. The third-order valence-electron chi connectivity index (χ3n) is 2.45. The predicted octanol–water partition coefficient (Wildman–Crippen LogP) is 2.54. The van der Waals surface area contributed by atoms with Gasteiger partial charge in [0.1, 0.15) is 0 Å². The smallest absolute Gasteiger partial charge is 0.241 e. The van der Waals surface area contributed by atoms with Crippen LogP contribution in [0, 0.1) is 6.92 Å². The third-order valence-corrected chi connectivity index (χ3v) is 2.77. The van der Waals surface area contributed by atoms with Crippen molar-refractivity contribution >= 4 is 23.2 Å². The summed E-state index contributed by atoms with van der Waals surface area (Å²) in [4.78, 5) is 13.2. The quantitative estimate of drug-likeness (QED) is 0.877. The van der Waals surface area contributed by atoms with Crippen LogP contribution in [0.1, 0.15) is 12.5 Å². The van der Waals surface area contributed by atoms with Crippen LogP contribution in [-0.2, 0) is 4.79 Å². The zero-order chi connectivity index (χ0) is 12.1. The summed E-state index contributed by atoms with van der Waals surface area (Å²) in [6.07, 6.45) is 0. The molecule has 0 heterocycles. The van der Waals surface area contributed by atoms with E-state index in [-0.39, 0.29) is 12.5 Å². The molecule has 0 spiro atoms. The number of nitrogens with one attached hydrogen (secondary N) is 1. The van der Waals surface area contributed by atoms with E-state index in [2.05, 4.69) is 5.32 Å². The number of amides is 1. The first-order valence-corrected chi connectivity index (χ1v) is 5.66. The van der Waals surface area contributed by atoms with E-state index in [0.29, 0.717) is 11.6 Å². The number of carbonyl (C=O) groups is 1. The number of anilines is 1. The van der Waals surface area contributed by atoms with E-state index < -0.39 is 0 Å². The number of carbonyl (C=O) groups excluding carboxylic acids is 1. The molecule has 1 aromatic carbocycles. The SMILES string of the molecule is CCN(C)C(=O)CNc1ccc(C)cc1Cl. The maximum atomic E-state index is 11.5. The highest BCUT2D eigenvalue weighted by Crippen LogP contribution is 2.22. The molecule has 1 rings (SSSR count). The molecule has 4 heteroatoms. The topological polar surface area (TPSA) is 32.3 Å². The molecule has 0 saturated carbocycles. The Morgan fingerprint density at radius 1 is 1.50 bits per heavy atom. The van der Waals surface area contributed by atoms with Gasteiger partial charge in [0.05, 0.1) is 17.3 Å². The summed E-state index contributed by atoms with van der Waals surface area (Å²) in [7, 11) is 1.78. The molecule has 1 aromatic rings. The Labute approximate surface area is 101 Å². The third kappa shape index (κ3) is 3.42. The summed E-state index contributed by atoms with van der Waals surface area (Å²) in [6, 6.07) is 5.72. The summed E-state index contributed by atoms with van der Waals surface area (Å²) in [5.74, 6) is 0.0548. The normalized spacial score (nSPS) is 10.0. The molecule has 0 saturated heterocycles. The molecular formula is C12H17ClN2O. The Morgan fingerprint density at radius 3 is 2.75 bits per heavy atom. The highest BCUT2D eigenvalue weighted by atomic mass is 35.5. The lowest BCUT2D eigenvalue weighted by atomic mass is 10.2. The van der Waals surface area contributed by atoms with Crippen molar-refractivity contribution in [2.24, 2.45) is 0 Å². The van der Waals surface area contributed by atoms with Gasteiger partial charge < -0.3 is 10.2 Å². The first kappa shape index (κ1) is 12.8. The van der Waals surface area contributed by atoms with Crippen LogP contribution in [0.2, 0.25) is 5.02 Å². The summed E-state index contributed by atoms with van der Waals surface area (Å²) in [5.41, 5.74) is 1.90. The Balaban J connectivity index is 2.58. The van der Waals surface area contributed by atoms with Gasteiger partial charge in [0.2, 0.25) is 5.91 Å². The van der Waals surface area contributed by atoms with Gasteiger partial charge in [-0.2, -0.15) is 0 Å². The van der Waals surface area contributed by atoms with Gasteiger partial charge in [0.25, 0.3) is 0 Å². The number of rotatable bonds is 4. The molecule has 0 aliphatic heterocycles. The van der Waals surface area contributed by atoms with Crippen LogP contribution in [0.15, 0.2) is 18.2 Å². The minimum absolute atomic E-state index is 0.0548. The zero-order valence-corrected chi connectivity index (χ0v) is 10.6. The van der Waals surface area contributed by atoms with Crippen LogP contribution in [0.5, 0.6) is 0 Å². The molecule has 16 heavy (non-hydrogen) atoms. The van der Waals surface area contributed by atoms with E-state index in [4.69, 9.17) is 11.6 Å². The van der Waals surface area contributed by atoms with Crippen molar-refractivity contribution in [3.8, 4) is 0 Å². The summed E-state index contributed by atoms with van der Waals surface area (Å²) >= 11 is 6.04. The van der Waals surface area contributed by atoms with Crippen molar-refractivity contribution in [3.63, 3.8) is 0 Å². The standard InChI is InChI=1S/C12H17ClN2O/c1-4-15(3)12(16)8-14-11-6-5-9(2)7-10(11)13/h5-7,14H,4,8H2,1-3H3. The van der Waals surface area contributed by atoms with Gasteiger partial charge in [-0.15, -0.1) is 0 Å². The first-order chi connectivity index (χ1) is 7.54. The maximum Gasteiger partial charge on any atom is 0.241 e. The minimum atomic E-state index is 0.0548. The first-order valence-electron chi connectivity index (χ1n) is 5.28. The Morgan fingerprint density at radius 2 is 2.19 bits per heavy atom. The van der Waals surface area contributed by atoms with E-state index in [1.807, 2.05) is 32.0 Å². The van der Waals surface area contributed by atoms with Gasteiger partial charge in [-0.05, 0) is 31.5 Å². The van der Waals surface area contributed by atoms with Crippen LogP contribution in [0.4, 0.5) is 5.69 Å². The lowest BCUT2D eigenvalue weighted by Gasteiger charge is -2.15. The molecule has 3 nitrogen and oxygen atoms in total. The van der Waals surface area contributed by atoms with Gasteiger partial charge in [0.15, 0.2) is 0 Å². The van der Waals surface area contributed by atoms with E-state index in [9.17, 15) is 4.79 Å². The molecule has 0 bridgehead atoms. The molecule has 0 aromatic heterocycles. The molecule has 0 atom stereocenters. The molecule has 1 N–H and O–H groups in total. The zero-order valence-electron chi connectivity index (χ0n) is 9.88. The Kier molecular flexibility index (Phi) is 4.62.